The molecule has 120 valence electrons. The normalized spacial score (nSPS) is 17.1. The Morgan fingerprint density at radius 1 is 1.26 bits per heavy atom. The Labute approximate surface area is 140 Å². The summed E-state index contributed by atoms with van der Waals surface area (Å²) in [6, 6.07) is 13.3. The molecule has 2 amide bonds. The van der Waals surface area contributed by atoms with E-state index in [4.69, 9.17) is 11.6 Å². The van der Waals surface area contributed by atoms with Crippen molar-refractivity contribution in [2.75, 3.05) is 18.0 Å². The summed E-state index contributed by atoms with van der Waals surface area (Å²) in [4.78, 5) is 18.5. The van der Waals surface area contributed by atoms with Crippen LogP contribution in [-0.2, 0) is 6.54 Å². The Kier molecular flexibility index (Phi) is 4.98. The highest BCUT2D eigenvalue weighted by Gasteiger charge is 2.24. The predicted octanol–water partition coefficient (Wildman–Crippen LogP) is 2.81. The van der Waals surface area contributed by atoms with Gasteiger partial charge in [0.25, 0.3) is 0 Å². The summed E-state index contributed by atoms with van der Waals surface area (Å²) in [7, 11) is 0. The molecule has 1 fully saturated rings. The van der Waals surface area contributed by atoms with E-state index >= 15 is 0 Å². The third kappa shape index (κ3) is 4.36. The zero-order chi connectivity index (χ0) is 16.1. The molecule has 0 aliphatic carbocycles. The van der Waals surface area contributed by atoms with Crippen LogP contribution < -0.4 is 15.5 Å². The first-order valence-corrected chi connectivity index (χ1v) is 8.03. The molecule has 1 saturated heterocycles. The van der Waals surface area contributed by atoms with E-state index in [0.29, 0.717) is 11.6 Å². The summed E-state index contributed by atoms with van der Waals surface area (Å²) in [5.41, 5.74) is 1.02. The summed E-state index contributed by atoms with van der Waals surface area (Å²) in [6.07, 6.45) is 2.71. The predicted molar refractivity (Wildman–Crippen MR) is 91.7 cm³/mol. The number of benzene rings is 1. The SMILES string of the molecule is O=C(NCc1ccc(Cl)cc1)N[C@H]1CCN(c2ccccn2)C1. The fraction of sp³-hybridized carbons (Fsp3) is 0.294. The Hall–Kier alpha value is -2.27. The Balaban J connectivity index is 1.45. The van der Waals surface area contributed by atoms with Crippen molar-refractivity contribution in [3.05, 3.63) is 59.2 Å². The van der Waals surface area contributed by atoms with Crippen molar-refractivity contribution in [3.63, 3.8) is 0 Å². The zero-order valence-electron chi connectivity index (χ0n) is 12.7. The molecule has 6 heteroatoms. The first-order chi connectivity index (χ1) is 11.2. The maximum absolute atomic E-state index is 12.0. The minimum Gasteiger partial charge on any atom is -0.354 e. The fourth-order valence-corrected chi connectivity index (χ4v) is 2.77. The molecule has 1 aliphatic rings. The number of amides is 2. The lowest BCUT2D eigenvalue weighted by Crippen LogP contribution is -2.43. The van der Waals surface area contributed by atoms with Crippen LogP contribution in [0.1, 0.15) is 12.0 Å². The van der Waals surface area contributed by atoms with Gasteiger partial charge in [-0.25, -0.2) is 9.78 Å². The van der Waals surface area contributed by atoms with Crippen molar-refractivity contribution in [2.24, 2.45) is 0 Å². The molecule has 2 aromatic rings. The maximum atomic E-state index is 12.0. The van der Waals surface area contributed by atoms with E-state index in [0.717, 1.165) is 30.9 Å². The number of hydrogen-bond acceptors (Lipinski definition) is 3. The average Bonchev–Trinajstić information content (AvgIpc) is 3.04. The van der Waals surface area contributed by atoms with Crippen molar-refractivity contribution < 1.29 is 4.79 Å². The molecule has 0 saturated carbocycles. The van der Waals surface area contributed by atoms with Gasteiger partial charge < -0.3 is 15.5 Å². The molecule has 3 rings (SSSR count). The van der Waals surface area contributed by atoms with Crippen molar-refractivity contribution >= 4 is 23.4 Å². The van der Waals surface area contributed by atoms with Crippen LogP contribution in [0.2, 0.25) is 5.02 Å². The summed E-state index contributed by atoms with van der Waals surface area (Å²) in [5, 5.41) is 6.58. The fourth-order valence-electron chi connectivity index (χ4n) is 2.65. The number of rotatable bonds is 4. The number of hydrogen-bond donors (Lipinski definition) is 2. The highest BCUT2D eigenvalue weighted by Crippen LogP contribution is 2.17. The molecule has 2 N–H and O–H groups in total. The molecule has 0 unspecified atom stereocenters. The van der Waals surface area contributed by atoms with Gasteiger partial charge in [-0.05, 0) is 36.2 Å². The third-order valence-corrected chi connectivity index (χ3v) is 4.12. The number of aromatic nitrogens is 1. The highest BCUT2D eigenvalue weighted by molar-refractivity contribution is 6.30. The smallest absolute Gasteiger partial charge is 0.315 e. The molecule has 1 aromatic carbocycles. The number of pyridine rings is 1. The minimum absolute atomic E-state index is 0.141. The summed E-state index contributed by atoms with van der Waals surface area (Å²) in [6.45, 7) is 2.17. The minimum atomic E-state index is -0.146. The first kappa shape index (κ1) is 15.6. The monoisotopic (exact) mass is 330 g/mol. The second-order valence-electron chi connectivity index (χ2n) is 5.57. The van der Waals surface area contributed by atoms with Crippen LogP contribution in [0.3, 0.4) is 0 Å². The molecular formula is C17H19ClN4O. The zero-order valence-corrected chi connectivity index (χ0v) is 13.5. The standard InChI is InChI=1S/C17H19ClN4O/c18-14-6-4-13(5-7-14)11-20-17(23)21-15-8-10-22(12-15)16-3-1-2-9-19-16/h1-7,9,15H,8,10-12H2,(H2,20,21,23)/t15-/m0/s1. The number of carbonyl (C=O) groups is 1. The molecule has 2 heterocycles. The van der Waals surface area contributed by atoms with Crippen molar-refractivity contribution in [1.82, 2.24) is 15.6 Å². The third-order valence-electron chi connectivity index (χ3n) is 3.86. The van der Waals surface area contributed by atoms with E-state index in [1.54, 1.807) is 6.20 Å². The highest BCUT2D eigenvalue weighted by atomic mass is 35.5. The van der Waals surface area contributed by atoms with Gasteiger partial charge in [-0.2, -0.15) is 0 Å². The quantitative estimate of drug-likeness (QED) is 0.906. The summed E-state index contributed by atoms with van der Waals surface area (Å²) < 4.78 is 0. The lowest BCUT2D eigenvalue weighted by molar-refractivity contribution is 0.237. The van der Waals surface area contributed by atoms with E-state index in [-0.39, 0.29) is 12.1 Å². The van der Waals surface area contributed by atoms with Crippen molar-refractivity contribution in [1.29, 1.82) is 0 Å². The molecule has 23 heavy (non-hydrogen) atoms. The van der Waals surface area contributed by atoms with Crippen LogP contribution in [0.15, 0.2) is 48.7 Å². The van der Waals surface area contributed by atoms with E-state index in [1.807, 2.05) is 42.5 Å². The number of carbonyl (C=O) groups excluding carboxylic acids is 1. The van der Waals surface area contributed by atoms with Gasteiger partial charge >= 0.3 is 6.03 Å². The van der Waals surface area contributed by atoms with Gasteiger partial charge in [-0.15, -0.1) is 0 Å². The Morgan fingerprint density at radius 3 is 2.83 bits per heavy atom. The Morgan fingerprint density at radius 2 is 2.09 bits per heavy atom. The molecule has 1 atom stereocenters. The van der Waals surface area contributed by atoms with E-state index in [9.17, 15) is 4.79 Å². The number of halogens is 1. The molecular weight excluding hydrogens is 312 g/mol. The van der Waals surface area contributed by atoms with E-state index in [1.165, 1.54) is 0 Å². The number of anilines is 1. The molecule has 0 spiro atoms. The van der Waals surface area contributed by atoms with Crippen LogP contribution in [-0.4, -0.2) is 30.1 Å². The first-order valence-electron chi connectivity index (χ1n) is 7.65. The molecule has 0 radical (unpaired) electrons. The number of nitrogens with zero attached hydrogens (tertiary/aromatic N) is 2. The van der Waals surface area contributed by atoms with Gasteiger partial charge in [0.15, 0.2) is 0 Å². The van der Waals surface area contributed by atoms with E-state index in [2.05, 4.69) is 20.5 Å². The van der Waals surface area contributed by atoms with Crippen molar-refractivity contribution in [3.8, 4) is 0 Å². The number of nitrogens with one attached hydrogen (secondary N) is 2. The van der Waals surface area contributed by atoms with Crippen LogP contribution in [0.5, 0.6) is 0 Å². The van der Waals surface area contributed by atoms with Crippen LogP contribution in [0, 0.1) is 0 Å². The molecule has 5 nitrogen and oxygen atoms in total. The molecule has 1 aliphatic heterocycles. The van der Waals surface area contributed by atoms with E-state index < -0.39 is 0 Å². The van der Waals surface area contributed by atoms with Crippen LogP contribution >= 0.6 is 11.6 Å². The van der Waals surface area contributed by atoms with Crippen LogP contribution in [0.25, 0.3) is 0 Å². The number of urea groups is 1. The maximum Gasteiger partial charge on any atom is 0.315 e. The molecule has 0 bridgehead atoms. The molecule has 1 aromatic heterocycles. The largest absolute Gasteiger partial charge is 0.354 e. The lowest BCUT2D eigenvalue weighted by Gasteiger charge is -2.18. The average molecular weight is 331 g/mol. The van der Waals surface area contributed by atoms with Gasteiger partial charge in [0.1, 0.15) is 5.82 Å². The summed E-state index contributed by atoms with van der Waals surface area (Å²) in [5.74, 6) is 0.957. The topological polar surface area (TPSA) is 57.3 Å². The second-order valence-corrected chi connectivity index (χ2v) is 6.01. The second kappa shape index (κ2) is 7.33. The van der Waals surface area contributed by atoms with Gasteiger partial charge in [-0.1, -0.05) is 29.8 Å². The van der Waals surface area contributed by atoms with Gasteiger partial charge in [0, 0.05) is 36.9 Å². The van der Waals surface area contributed by atoms with Gasteiger partial charge in [0.2, 0.25) is 0 Å². The van der Waals surface area contributed by atoms with Crippen molar-refractivity contribution in [2.45, 2.75) is 19.0 Å². The summed E-state index contributed by atoms with van der Waals surface area (Å²) >= 11 is 5.84. The van der Waals surface area contributed by atoms with Gasteiger partial charge in [0.05, 0.1) is 0 Å². The Bertz CT molecular complexity index is 647. The lowest BCUT2D eigenvalue weighted by atomic mass is 10.2. The van der Waals surface area contributed by atoms with Crippen LogP contribution in [0.4, 0.5) is 10.6 Å². The van der Waals surface area contributed by atoms with Gasteiger partial charge in [-0.3, -0.25) is 0 Å².